The van der Waals surface area contributed by atoms with Gasteiger partial charge in [0.2, 0.25) is 0 Å². The third-order valence-corrected chi connectivity index (χ3v) is 3.11. The summed E-state index contributed by atoms with van der Waals surface area (Å²) < 4.78 is 2.40. The second-order valence-corrected chi connectivity index (χ2v) is 4.15. The molecule has 80 valence electrons. The maximum absolute atomic E-state index is 11.9. The van der Waals surface area contributed by atoms with Gasteiger partial charge in [-0.25, -0.2) is 4.98 Å². The van der Waals surface area contributed by atoms with E-state index in [-0.39, 0.29) is 5.56 Å². The minimum atomic E-state index is 0.0629. The number of rotatable bonds is 4. The van der Waals surface area contributed by atoms with Crippen molar-refractivity contribution < 1.29 is 0 Å². The third-order valence-electron chi connectivity index (χ3n) is 2.22. The van der Waals surface area contributed by atoms with Crippen LogP contribution >= 0.6 is 11.3 Å². The van der Waals surface area contributed by atoms with Gasteiger partial charge in [0.15, 0.2) is 0 Å². The number of aromatic nitrogens is 2. The van der Waals surface area contributed by atoms with Crippen LogP contribution in [-0.2, 0) is 6.54 Å². The molecule has 1 N–H and O–H groups in total. The molecule has 0 spiro atoms. The molecule has 2 aromatic rings. The van der Waals surface area contributed by atoms with E-state index >= 15 is 0 Å². The van der Waals surface area contributed by atoms with E-state index in [9.17, 15) is 4.79 Å². The van der Waals surface area contributed by atoms with Crippen molar-refractivity contribution in [3.63, 3.8) is 0 Å². The molecular formula is C10H13N3OS. The van der Waals surface area contributed by atoms with Crippen molar-refractivity contribution in [3.05, 3.63) is 28.1 Å². The number of nitrogens with one attached hydrogen (secondary N) is 1. The van der Waals surface area contributed by atoms with Crippen molar-refractivity contribution in [1.82, 2.24) is 14.9 Å². The van der Waals surface area contributed by atoms with Gasteiger partial charge in [0.25, 0.3) is 5.56 Å². The largest absolute Gasteiger partial charge is 0.315 e. The van der Waals surface area contributed by atoms with Crippen molar-refractivity contribution in [3.8, 4) is 0 Å². The first-order valence-electron chi connectivity index (χ1n) is 4.96. The van der Waals surface area contributed by atoms with Crippen LogP contribution in [0.25, 0.3) is 10.2 Å². The molecule has 0 bridgehead atoms. The summed E-state index contributed by atoms with van der Waals surface area (Å²) in [6.07, 6.45) is 1.62. The molecule has 0 aromatic carbocycles. The van der Waals surface area contributed by atoms with Crippen molar-refractivity contribution >= 4 is 21.6 Å². The van der Waals surface area contributed by atoms with Crippen LogP contribution in [0.2, 0.25) is 0 Å². The van der Waals surface area contributed by atoms with Gasteiger partial charge in [0, 0.05) is 13.1 Å². The highest BCUT2D eigenvalue weighted by Gasteiger charge is 2.03. The van der Waals surface area contributed by atoms with Crippen LogP contribution in [0.3, 0.4) is 0 Å². The zero-order valence-electron chi connectivity index (χ0n) is 8.56. The Labute approximate surface area is 91.6 Å². The first-order chi connectivity index (χ1) is 7.33. The highest BCUT2D eigenvalue weighted by molar-refractivity contribution is 7.17. The number of fused-ring (bicyclic) bond motifs is 1. The molecule has 0 saturated heterocycles. The molecule has 0 atom stereocenters. The average Bonchev–Trinajstić information content (AvgIpc) is 2.70. The van der Waals surface area contributed by atoms with Gasteiger partial charge < -0.3 is 5.32 Å². The minimum absolute atomic E-state index is 0.0629. The van der Waals surface area contributed by atoms with Crippen LogP contribution in [-0.4, -0.2) is 22.6 Å². The van der Waals surface area contributed by atoms with Crippen LogP contribution in [0.4, 0.5) is 0 Å². The molecule has 0 aliphatic heterocycles. The van der Waals surface area contributed by atoms with Gasteiger partial charge in [-0.15, -0.1) is 11.3 Å². The fourth-order valence-electron chi connectivity index (χ4n) is 1.41. The predicted octanol–water partition coefficient (Wildman–Crippen LogP) is 1.07. The topological polar surface area (TPSA) is 46.9 Å². The second-order valence-electron chi connectivity index (χ2n) is 3.23. The quantitative estimate of drug-likeness (QED) is 0.789. The van der Waals surface area contributed by atoms with Crippen LogP contribution in [0, 0.1) is 0 Å². The highest BCUT2D eigenvalue weighted by Crippen LogP contribution is 2.12. The number of hydrogen-bond donors (Lipinski definition) is 1. The summed E-state index contributed by atoms with van der Waals surface area (Å²) in [7, 11) is 0. The van der Waals surface area contributed by atoms with Crippen LogP contribution in [0.1, 0.15) is 6.92 Å². The third kappa shape index (κ3) is 2.08. The molecule has 0 aliphatic rings. The van der Waals surface area contributed by atoms with E-state index in [0.29, 0.717) is 6.54 Å². The van der Waals surface area contributed by atoms with Gasteiger partial charge in [0.05, 0.1) is 11.8 Å². The monoisotopic (exact) mass is 223 g/mol. The summed E-state index contributed by atoms with van der Waals surface area (Å²) in [6, 6.07) is 1.87. The van der Waals surface area contributed by atoms with Crippen LogP contribution < -0.4 is 10.9 Å². The molecule has 2 heterocycles. The Bertz CT molecular complexity index is 503. The first kappa shape index (κ1) is 10.3. The van der Waals surface area contributed by atoms with Crippen molar-refractivity contribution in [2.45, 2.75) is 13.5 Å². The van der Waals surface area contributed by atoms with E-state index in [2.05, 4.69) is 10.3 Å². The Kier molecular flexibility index (Phi) is 3.13. The molecule has 2 rings (SSSR count). The van der Waals surface area contributed by atoms with Gasteiger partial charge in [-0.05, 0) is 18.0 Å². The molecule has 0 saturated carbocycles. The Morgan fingerprint density at radius 1 is 1.60 bits per heavy atom. The summed E-state index contributed by atoms with van der Waals surface area (Å²) >= 11 is 1.45. The zero-order chi connectivity index (χ0) is 10.7. The molecule has 0 fully saturated rings. The Hall–Kier alpha value is -1.20. The Morgan fingerprint density at radius 2 is 2.47 bits per heavy atom. The molecule has 15 heavy (non-hydrogen) atoms. The van der Waals surface area contributed by atoms with E-state index in [4.69, 9.17) is 0 Å². The van der Waals surface area contributed by atoms with Gasteiger partial charge in [-0.1, -0.05) is 6.92 Å². The molecule has 2 aromatic heterocycles. The van der Waals surface area contributed by atoms with E-state index < -0.39 is 0 Å². The molecule has 0 aliphatic carbocycles. The lowest BCUT2D eigenvalue weighted by atomic mass is 10.4. The molecule has 0 unspecified atom stereocenters. The lowest BCUT2D eigenvalue weighted by Gasteiger charge is -2.04. The van der Waals surface area contributed by atoms with Crippen LogP contribution in [0.15, 0.2) is 22.6 Å². The lowest BCUT2D eigenvalue weighted by molar-refractivity contribution is 0.596. The summed E-state index contributed by atoms with van der Waals surface area (Å²) in [4.78, 5) is 16.1. The lowest BCUT2D eigenvalue weighted by Crippen LogP contribution is -2.26. The van der Waals surface area contributed by atoms with Gasteiger partial charge >= 0.3 is 0 Å². The molecule has 0 amide bonds. The number of nitrogens with zero attached hydrogens (tertiary/aromatic N) is 2. The summed E-state index contributed by atoms with van der Waals surface area (Å²) in [5.74, 6) is 0. The number of hydrogen-bond acceptors (Lipinski definition) is 4. The number of thiophene rings is 1. The van der Waals surface area contributed by atoms with E-state index in [0.717, 1.165) is 23.3 Å². The van der Waals surface area contributed by atoms with Crippen molar-refractivity contribution in [2.75, 3.05) is 13.1 Å². The van der Waals surface area contributed by atoms with E-state index in [1.54, 1.807) is 10.9 Å². The normalized spacial score (nSPS) is 11.0. The Balaban J connectivity index is 2.28. The van der Waals surface area contributed by atoms with E-state index in [1.807, 2.05) is 18.4 Å². The smallest absolute Gasteiger partial charge is 0.271 e. The Morgan fingerprint density at radius 3 is 3.27 bits per heavy atom. The predicted molar refractivity (Wildman–Crippen MR) is 62.4 cm³/mol. The van der Waals surface area contributed by atoms with Crippen molar-refractivity contribution in [2.24, 2.45) is 0 Å². The minimum Gasteiger partial charge on any atom is -0.315 e. The average molecular weight is 223 g/mol. The maximum Gasteiger partial charge on any atom is 0.271 e. The standard InChI is InChI=1S/C10H13N3OS/c1-2-11-4-5-13-7-12-8-3-6-15-9(8)10(13)14/h3,6-7,11H,2,4-5H2,1H3. The fraction of sp³-hybridized carbons (Fsp3) is 0.400. The molecule has 4 nitrogen and oxygen atoms in total. The SMILES string of the molecule is CCNCCn1cnc2ccsc2c1=O. The summed E-state index contributed by atoms with van der Waals surface area (Å²) in [6.45, 7) is 4.44. The summed E-state index contributed by atoms with van der Waals surface area (Å²) in [5, 5.41) is 5.08. The zero-order valence-corrected chi connectivity index (χ0v) is 9.38. The number of likely N-dealkylation sites (N-methyl/N-ethyl adjacent to an activating group) is 1. The highest BCUT2D eigenvalue weighted by atomic mass is 32.1. The first-order valence-corrected chi connectivity index (χ1v) is 5.84. The molecule has 0 radical (unpaired) electrons. The van der Waals surface area contributed by atoms with Gasteiger partial charge in [-0.2, -0.15) is 0 Å². The summed E-state index contributed by atoms with van der Waals surface area (Å²) in [5.41, 5.74) is 0.859. The molecular weight excluding hydrogens is 210 g/mol. The van der Waals surface area contributed by atoms with Crippen LogP contribution in [0.5, 0.6) is 0 Å². The van der Waals surface area contributed by atoms with Crippen molar-refractivity contribution in [1.29, 1.82) is 0 Å². The molecule has 5 heteroatoms. The fourth-order valence-corrected chi connectivity index (χ4v) is 2.21. The van der Waals surface area contributed by atoms with E-state index in [1.165, 1.54) is 11.3 Å². The van der Waals surface area contributed by atoms with Gasteiger partial charge in [0.1, 0.15) is 4.70 Å². The maximum atomic E-state index is 11.9. The van der Waals surface area contributed by atoms with Gasteiger partial charge in [-0.3, -0.25) is 9.36 Å². The second kappa shape index (κ2) is 4.55.